The van der Waals surface area contributed by atoms with Gasteiger partial charge in [-0.05, 0) is 117 Å². The van der Waals surface area contributed by atoms with E-state index in [0.717, 1.165) is 34.3 Å². The highest BCUT2D eigenvalue weighted by Gasteiger charge is 2.07. The molecule has 0 heterocycles. The minimum atomic E-state index is 0.736. The number of hydrogen-bond donors (Lipinski definition) is 0. The average Bonchev–Trinajstić information content (AvgIpc) is 2.77. The van der Waals surface area contributed by atoms with Gasteiger partial charge in [0.2, 0.25) is 0 Å². The van der Waals surface area contributed by atoms with Crippen LogP contribution in [0.1, 0.15) is 130 Å². The Morgan fingerprint density at radius 1 is 0.500 bits per heavy atom. The van der Waals surface area contributed by atoms with Crippen LogP contribution >= 0.6 is 65.7 Å². The maximum Gasteiger partial charge on any atom is 0.171 e. The van der Waals surface area contributed by atoms with Crippen molar-refractivity contribution in [3.63, 3.8) is 0 Å². The highest BCUT2D eigenvalue weighted by Crippen LogP contribution is 2.44. The summed E-state index contributed by atoms with van der Waals surface area (Å²) in [5.41, 5.74) is 2.57. The molecule has 0 amide bonds. The molecule has 0 N–H and O–H groups in total. The SMILES string of the molecule is CCCCCC(CCCCC)=NC(=S)SSSSC(=S)N=C(CCCCC)CCCCC. The van der Waals surface area contributed by atoms with Gasteiger partial charge in [0.15, 0.2) is 8.64 Å². The Labute approximate surface area is 224 Å². The smallest absolute Gasteiger partial charge is 0.171 e. The topological polar surface area (TPSA) is 24.7 Å². The summed E-state index contributed by atoms with van der Waals surface area (Å²) in [6, 6.07) is 0. The maximum atomic E-state index is 5.53. The number of rotatable bonds is 19. The van der Waals surface area contributed by atoms with Crippen molar-refractivity contribution in [1.82, 2.24) is 0 Å². The van der Waals surface area contributed by atoms with E-state index in [-0.39, 0.29) is 0 Å². The number of nitrogens with zero attached hydrogens (tertiary/aromatic N) is 2. The van der Waals surface area contributed by atoms with Gasteiger partial charge in [0, 0.05) is 11.4 Å². The van der Waals surface area contributed by atoms with Crippen molar-refractivity contribution in [1.29, 1.82) is 0 Å². The van der Waals surface area contributed by atoms with Crippen LogP contribution in [0, 0.1) is 0 Å². The van der Waals surface area contributed by atoms with Crippen LogP contribution in [0.3, 0.4) is 0 Å². The van der Waals surface area contributed by atoms with E-state index >= 15 is 0 Å². The molecule has 2 nitrogen and oxygen atoms in total. The van der Waals surface area contributed by atoms with Gasteiger partial charge in [-0.2, -0.15) is 0 Å². The zero-order valence-electron chi connectivity index (χ0n) is 20.7. The lowest BCUT2D eigenvalue weighted by molar-refractivity contribution is 0.711. The molecule has 0 aliphatic rings. The number of unbranched alkanes of at least 4 members (excludes halogenated alkanes) is 8. The average molecular weight is 553 g/mol. The van der Waals surface area contributed by atoms with Gasteiger partial charge < -0.3 is 0 Å². The minimum Gasteiger partial charge on any atom is -0.238 e. The molecule has 186 valence electrons. The molecule has 0 atom stereocenters. The lowest BCUT2D eigenvalue weighted by Gasteiger charge is -2.07. The molecule has 0 bridgehead atoms. The van der Waals surface area contributed by atoms with Crippen molar-refractivity contribution in [2.24, 2.45) is 9.98 Å². The molecule has 0 radical (unpaired) electrons. The molecular formula is C24H44N2S6. The van der Waals surface area contributed by atoms with Crippen LogP contribution in [0.15, 0.2) is 9.98 Å². The first-order valence-corrected chi connectivity index (χ1v) is 18.1. The largest absolute Gasteiger partial charge is 0.238 e. The Morgan fingerprint density at radius 2 is 0.781 bits per heavy atom. The molecule has 32 heavy (non-hydrogen) atoms. The lowest BCUT2D eigenvalue weighted by Crippen LogP contribution is -2.01. The van der Waals surface area contributed by atoms with Gasteiger partial charge in [-0.25, -0.2) is 9.98 Å². The van der Waals surface area contributed by atoms with Crippen LogP contribution in [0.25, 0.3) is 0 Å². The molecular weight excluding hydrogens is 509 g/mol. The molecule has 8 heteroatoms. The highest BCUT2D eigenvalue weighted by molar-refractivity contribution is 9.29. The predicted molar refractivity (Wildman–Crippen MR) is 167 cm³/mol. The normalized spacial score (nSPS) is 10.8. The van der Waals surface area contributed by atoms with Gasteiger partial charge in [0.05, 0.1) is 0 Å². The molecule has 0 unspecified atom stereocenters. The third-order valence-corrected chi connectivity index (χ3v) is 11.7. The lowest BCUT2D eigenvalue weighted by atomic mass is 10.1. The van der Waals surface area contributed by atoms with Crippen LogP contribution in [0.4, 0.5) is 0 Å². The second-order valence-electron chi connectivity index (χ2n) is 8.02. The molecule has 0 aromatic heterocycles. The van der Waals surface area contributed by atoms with Crippen molar-refractivity contribution in [3.05, 3.63) is 0 Å². The van der Waals surface area contributed by atoms with E-state index in [0.29, 0.717) is 0 Å². The van der Waals surface area contributed by atoms with Crippen LogP contribution < -0.4 is 0 Å². The van der Waals surface area contributed by atoms with Crippen LogP contribution in [0.5, 0.6) is 0 Å². The standard InChI is InChI=1S/C24H44N2S6/c1-5-9-13-17-21(18-14-10-6-2)25-23(27)29-31-32-30-24(28)26-22(19-15-11-7-3)20-16-12-8-4/h5-20H2,1-4H3. The van der Waals surface area contributed by atoms with Gasteiger partial charge in [-0.1, -0.05) is 79.1 Å². The zero-order chi connectivity index (χ0) is 23.9. The van der Waals surface area contributed by atoms with Crippen molar-refractivity contribution >= 4 is 85.7 Å². The molecule has 0 spiro atoms. The van der Waals surface area contributed by atoms with Crippen LogP contribution in [-0.2, 0) is 0 Å². The van der Waals surface area contributed by atoms with Gasteiger partial charge in [0.1, 0.15) is 0 Å². The summed E-state index contributed by atoms with van der Waals surface area (Å²) in [7, 11) is 6.44. The van der Waals surface area contributed by atoms with Crippen molar-refractivity contribution in [2.45, 2.75) is 130 Å². The van der Waals surface area contributed by atoms with Gasteiger partial charge in [-0.15, -0.1) is 0 Å². The number of aliphatic imine (C=N–C) groups is 2. The van der Waals surface area contributed by atoms with E-state index in [1.807, 2.05) is 0 Å². The van der Waals surface area contributed by atoms with E-state index in [4.69, 9.17) is 34.4 Å². The third kappa shape index (κ3) is 21.5. The summed E-state index contributed by atoms with van der Waals surface area (Å²) < 4.78 is 1.47. The molecule has 0 fully saturated rings. The van der Waals surface area contributed by atoms with Gasteiger partial charge in [0.25, 0.3) is 0 Å². The molecule has 0 saturated heterocycles. The van der Waals surface area contributed by atoms with E-state index in [2.05, 4.69) is 27.7 Å². The summed E-state index contributed by atoms with van der Waals surface area (Å²) in [4.78, 5) is 9.55. The first-order chi connectivity index (χ1) is 15.6. The summed E-state index contributed by atoms with van der Waals surface area (Å²) in [6.45, 7) is 8.98. The fraction of sp³-hybridized carbons (Fsp3) is 0.833. The Bertz CT molecular complexity index is 477. The van der Waals surface area contributed by atoms with E-state index < -0.39 is 0 Å². The summed E-state index contributed by atoms with van der Waals surface area (Å²) in [5.74, 6) is 0. The summed E-state index contributed by atoms with van der Waals surface area (Å²) >= 11 is 11.1. The molecule has 0 aliphatic carbocycles. The summed E-state index contributed by atoms with van der Waals surface area (Å²) in [6.07, 6.45) is 19.3. The molecule has 0 aliphatic heterocycles. The van der Waals surface area contributed by atoms with Crippen molar-refractivity contribution in [3.8, 4) is 0 Å². The van der Waals surface area contributed by atoms with E-state index in [1.165, 1.54) is 88.5 Å². The van der Waals surface area contributed by atoms with Crippen molar-refractivity contribution in [2.75, 3.05) is 0 Å². The minimum absolute atomic E-state index is 0.736. The molecule has 0 saturated carbocycles. The van der Waals surface area contributed by atoms with Crippen LogP contribution in [-0.4, -0.2) is 20.1 Å². The Kier molecular flexibility index (Phi) is 25.7. The second-order valence-corrected chi connectivity index (χ2v) is 15.0. The quantitative estimate of drug-likeness (QED) is 0.0683. The van der Waals surface area contributed by atoms with E-state index in [1.54, 1.807) is 41.2 Å². The third-order valence-electron chi connectivity index (χ3n) is 5.01. The highest BCUT2D eigenvalue weighted by atomic mass is 33.7. The Morgan fingerprint density at radius 3 is 1.03 bits per heavy atom. The first-order valence-electron chi connectivity index (χ1n) is 12.5. The van der Waals surface area contributed by atoms with Crippen LogP contribution in [0.2, 0.25) is 0 Å². The Hall–Kier alpha value is 0.920. The van der Waals surface area contributed by atoms with Crippen molar-refractivity contribution < 1.29 is 0 Å². The molecule has 0 aromatic rings. The number of hydrogen-bond acceptors (Lipinski definition) is 6. The van der Waals surface area contributed by atoms with E-state index in [9.17, 15) is 0 Å². The molecule has 0 aromatic carbocycles. The van der Waals surface area contributed by atoms with Gasteiger partial charge in [-0.3, -0.25) is 0 Å². The number of thiocarbonyl (C=S) groups is 2. The second kappa shape index (κ2) is 25.0. The monoisotopic (exact) mass is 552 g/mol. The fourth-order valence-corrected chi connectivity index (χ4v) is 9.22. The predicted octanol–water partition coefficient (Wildman–Crippen LogP) is 11.4. The summed E-state index contributed by atoms with van der Waals surface area (Å²) in [5, 5.41) is 0. The zero-order valence-corrected chi connectivity index (χ0v) is 25.6. The first kappa shape index (κ1) is 32.9. The fourth-order valence-electron chi connectivity index (χ4n) is 3.17. The Balaban J connectivity index is 4.45. The molecule has 0 rings (SSSR count). The maximum absolute atomic E-state index is 5.53. The van der Waals surface area contributed by atoms with Gasteiger partial charge >= 0.3 is 0 Å².